The highest BCUT2D eigenvalue weighted by molar-refractivity contribution is 5.94. The van der Waals surface area contributed by atoms with E-state index in [2.05, 4.69) is 15.4 Å². The Morgan fingerprint density at radius 2 is 2.16 bits per heavy atom. The van der Waals surface area contributed by atoms with Crippen LogP contribution in [0.3, 0.4) is 0 Å². The number of rotatable bonds is 6. The van der Waals surface area contributed by atoms with Gasteiger partial charge in [-0.25, -0.2) is 9.67 Å². The third-order valence-corrected chi connectivity index (χ3v) is 2.62. The Bertz CT molecular complexity index is 508. The Morgan fingerprint density at radius 1 is 1.37 bits per heavy atom. The smallest absolute Gasteiger partial charge is 0.251 e. The lowest BCUT2D eigenvalue weighted by Crippen LogP contribution is -2.26. The van der Waals surface area contributed by atoms with Crippen molar-refractivity contribution in [3.8, 4) is 0 Å². The minimum Gasteiger partial charge on any atom is -0.383 e. The first-order valence-electron chi connectivity index (χ1n) is 5.98. The van der Waals surface area contributed by atoms with Crippen LogP contribution in [0.2, 0.25) is 0 Å². The van der Waals surface area contributed by atoms with Crippen LogP contribution in [0.1, 0.15) is 15.9 Å². The van der Waals surface area contributed by atoms with E-state index in [9.17, 15) is 4.79 Å². The maximum atomic E-state index is 11.8. The van der Waals surface area contributed by atoms with Gasteiger partial charge in [0.05, 0.1) is 13.2 Å². The zero-order chi connectivity index (χ0) is 13.5. The standard InChI is InChI=1S/C13H16N4O2/c1-19-7-6-15-13(18)12-4-2-11(3-5-12)8-17-10-14-9-16-17/h2-5,9-10H,6-8H2,1H3,(H,15,18). The molecule has 100 valence electrons. The first-order chi connectivity index (χ1) is 9.29. The number of amides is 1. The highest BCUT2D eigenvalue weighted by atomic mass is 16.5. The quantitative estimate of drug-likeness (QED) is 0.776. The van der Waals surface area contributed by atoms with E-state index in [1.807, 2.05) is 12.1 Å². The van der Waals surface area contributed by atoms with Gasteiger partial charge < -0.3 is 10.1 Å². The molecule has 0 fully saturated rings. The first kappa shape index (κ1) is 13.2. The topological polar surface area (TPSA) is 69.0 Å². The van der Waals surface area contributed by atoms with Crippen molar-refractivity contribution in [3.63, 3.8) is 0 Å². The molecular formula is C13H16N4O2. The molecule has 0 spiro atoms. The number of aromatic nitrogens is 3. The van der Waals surface area contributed by atoms with Gasteiger partial charge in [0, 0.05) is 19.2 Å². The molecular weight excluding hydrogens is 244 g/mol. The van der Waals surface area contributed by atoms with Crippen molar-refractivity contribution >= 4 is 5.91 Å². The average molecular weight is 260 g/mol. The van der Waals surface area contributed by atoms with Gasteiger partial charge in [0.15, 0.2) is 0 Å². The average Bonchev–Trinajstić information content (AvgIpc) is 2.93. The van der Waals surface area contributed by atoms with Gasteiger partial charge in [0.2, 0.25) is 0 Å². The van der Waals surface area contributed by atoms with Crippen LogP contribution < -0.4 is 5.32 Å². The number of hydrogen-bond donors (Lipinski definition) is 1. The van der Waals surface area contributed by atoms with Gasteiger partial charge in [-0.3, -0.25) is 4.79 Å². The summed E-state index contributed by atoms with van der Waals surface area (Å²) in [7, 11) is 1.60. The van der Waals surface area contributed by atoms with Crippen molar-refractivity contribution in [2.24, 2.45) is 0 Å². The monoisotopic (exact) mass is 260 g/mol. The molecule has 0 bridgehead atoms. The summed E-state index contributed by atoms with van der Waals surface area (Å²) in [5.74, 6) is -0.0932. The van der Waals surface area contributed by atoms with Gasteiger partial charge in [0.25, 0.3) is 5.91 Å². The highest BCUT2D eigenvalue weighted by Gasteiger charge is 2.04. The molecule has 2 aromatic rings. The lowest BCUT2D eigenvalue weighted by atomic mass is 10.1. The maximum Gasteiger partial charge on any atom is 0.251 e. The molecule has 0 aliphatic carbocycles. The Labute approximate surface area is 111 Å². The van der Waals surface area contributed by atoms with Crippen LogP contribution in [-0.2, 0) is 11.3 Å². The minimum absolute atomic E-state index is 0.0932. The van der Waals surface area contributed by atoms with Crippen molar-refractivity contribution in [2.45, 2.75) is 6.54 Å². The molecule has 0 atom stereocenters. The number of methoxy groups -OCH3 is 1. The van der Waals surface area contributed by atoms with E-state index in [0.29, 0.717) is 25.3 Å². The fourth-order valence-electron chi connectivity index (χ4n) is 1.63. The van der Waals surface area contributed by atoms with Gasteiger partial charge in [-0.05, 0) is 17.7 Å². The van der Waals surface area contributed by atoms with Crippen LogP contribution in [0.4, 0.5) is 0 Å². The molecule has 0 aliphatic heterocycles. The maximum absolute atomic E-state index is 11.8. The Morgan fingerprint density at radius 3 is 2.79 bits per heavy atom. The lowest BCUT2D eigenvalue weighted by Gasteiger charge is -2.06. The summed E-state index contributed by atoms with van der Waals surface area (Å²) in [4.78, 5) is 15.6. The predicted octanol–water partition coefficient (Wildman–Crippen LogP) is 0.703. The third-order valence-electron chi connectivity index (χ3n) is 2.62. The van der Waals surface area contributed by atoms with Crippen molar-refractivity contribution in [2.75, 3.05) is 20.3 Å². The van der Waals surface area contributed by atoms with E-state index >= 15 is 0 Å². The molecule has 0 saturated heterocycles. The fraction of sp³-hybridized carbons (Fsp3) is 0.308. The summed E-state index contributed by atoms with van der Waals surface area (Å²) in [6, 6.07) is 7.42. The molecule has 6 heteroatoms. The van der Waals surface area contributed by atoms with Crippen molar-refractivity contribution in [1.29, 1.82) is 0 Å². The molecule has 1 aromatic carbocycles. The molecule has 0 unspecified atom stereocenters. The van der Waals surface area contributed by atoms with Crippen molar-refractivity contribution in [1.82, 2.24) is 20.1 Å². The normalized spacial score (nSPS) is 10.4. The number of nitrogens with one attached hydrogen (secondary N) is 1. The second-order valence-electron chi connectivity index (χ2n) is 4.04. The number of nitrogens with zero attached hydrogens (tertiary/aromatic N) is 3. The molecule has 1 N–H and O–H groups in total. The lowest BCUT2D eigenvalue weighted by molar-refractivity contribution is 0.0937. The van der Waals surface area contributed by atoms with Crippen LogP contribution in [0, 0.1) is 0 Å². The number of hydrogen-bond acceptors (Lipinski definition) is 4. The molecule has 0 saturated carbocycles. The van der Waals surface area contributed by atoms with Gasteiger partial charge in [-0.15, -0.1) is 0 Å². The van der Waals surface area contributed by atoms with Crippen molar-refractivity contribution in [3.05, 3.63) is 48.0 Å². The van der Waals surface area contributed by atoms with Crippen molar-refractivity contribution < 1.29 is 9.53 Å². The zero-order valence-corrected chi connectivity index (χ0v) is 10.7. The predicted molar refractivity (Wildman–Crippen MR) is 69.8 cm³/mol. The molecule has 19 heavy (non-hydrogen) atoms. The van der Waals surface area contributed by atoms with Gasteiger partial charge in [0.1, 0.15) is 12.7 Å². The molecule has 6 nitrogen and oxygen atoms in total. The van der Waals surface area contributed by atoms with Crippen LogP contribution in [0.15, 0.2) is 36.9 Å². The number of benzene rings is 1. The fourth-order valence-corrected chi connectivity index (χ4v) is 1.63. The summed E-state index contributed by atoms with van der Waals surface area (Å²) in [5.41, 5.74) is 1.71. The van der Waals surface area contributed by atoms with Crippen LogP contribution in [0.5, 0.6) is 0 Å². The minimum atomic E-state index is -0.0932. The van der Waals surface area contributed by atoms with Crippen LogP contribution in [0.25, 0.3) is 0 Å². The zero-order valence-electron chi connectivity index (χ0n) is 10.7. The van der Waals surface area contributed by atoms with E-state index in [1.54, 1.807) is 30.3 Å². The Kier molecular flexibility index (Phi) is 4.63. The van der Waals surface area contributed by atoms with Gasteiger partial charge in [-0.2, -0.15) is 5.10 Å². The van der Waals surface area contributed by atoms with E-state index in [-0.39, 0.29) is 5.91 Å². The summed E-state index contributed by atoms with van der Waals surface area (Å²) in [6.45, 7) is 1.66. The molecule has 1 heterocycles. The summed E-state index contributed by atoms with van der Waals surface area (Å²) < 4.78 is 6.61. The number of ether oxygens (including phenoxy) is 1. The Balaban J connectivity index is 1.92. The highest BCUT2D eigenvalue weighted by Crippen LogP contribution is 2.05. The van der Waals surface area contributed by atoms with Crippen LogP contribution in [-0.4, -0.2) is 40.9 Å². The SMILES string of the molecule is COCCNC(=O)c1ccc(Cn2cncn2)cc1. The first-order valence-corrected chi connectivity index (χ1v) is 5.98. The van der Waals surface area contributed by atoms with E-state index < -0.39 is 0 Å². The molecule has 1 amide bonds. The summed E-state index contributed by atoms with van der Waals surface area (Å²) >= 11 is 0. The third kappa shape index (κ3) is 3.89. The van der Waals surface area contributed by atoms with Gasteiger partial charge >= 0.3 is 0 Å². The second-order valence-corrected chi connectivity index (χ2v) is 4.04. The summed E-state index contributed by atoms with van der Waals surface area (Å²) in [6.07, 6.45) is 3.16. The van der Waals surface area contributed by atoms with Crippen LogP contribution >= 0.6 is 0 Å². The number of carbonyl (C=O) groups excluding carboxylic acids is 1. The largest absolute Gasteiger partial charge is 0.383 e. The van der Waals surface area contributed by atoms with E-state index in [4.69, 9.17) is 4.74 Å². The second kappa shape index (κ2) is 6.65. The molecule has 0 aliphatic rings. The Hall–Kier alpha value is -2.21. The molecule has 0 radical (unpaired) electrons. The van der Waals surface area contributed by atoms with E-state index in [1.165, 1.54) is 6.33 Å². The summed E-state index contributed by atoms with van der Waals surface area (Å²) in [5, 5.41) is 6.80. The molecule has 1 aromatic heterocycles. The van der Waals surface area contributed by atoms with E-state index in [0.717, 1.165) is 5.56 Å². The molecule has 2 rings (SSSR count). The van der Waals surface area contributed by atoms with Gasteiger partial charge in [-0.1, -0.05) is 12.1 Å². The number of carbonyl (C=O) groups is 1.